The van der Waals surface area contributed by atoms with Crippen LogP contribution < -0.4 is 5.73 Å². The molecule has 1 aromatic rings. The summed E-state index contributed by atoms with van der Waals surface area (Å²) in [5.74, 6) is -0.0183. The van der Waals surface area contributed by atoms with Gasteiger partial charge in [0.2, 0.25) is 0 Å². The van der Waals surface area contributed by atoms with Gasteiger partial charge < -0.3 is 10.8 Å². The highest BCUT2D eigenvalue weighted by molar-refractivity contribution is 7.90. The van der Waals surface area contributed by atoms with Crippen LogP contribution in [0.25, 0.3) is 0 Å². The van der Waals surface area contributed by atoms with Gasteiger partial charge in [-0.3, -0.25) is 0 Å². The van der Waals surface area contributed by atoms with E-state index in [1.54, 1.807) is 6.07 Å². The molecule has 0 aliphatic heterocycles. The van der Waals surface area contributed by atoms with Crippen LogP contribution in [0.15, 0.2) is 23.1 Å². The number of benzene rings is 1. The van der Waals surface area contributed by atoms with E-state index in [1.807, 2.05) is 6.92 Å². The number of aromatic hydroxyl groups is 1. The fourth-order valence-corrected chi connectivity index (χ4v) is 1.93. The number of phenols is 1. The average Bonchev–Trinajstić information content (AvgIpc) is 2.05. The average molecular weight is 229 g/mol. The normalized spacial score (nSPS) is 13.8. The Morgan fingerprint density at radius 1 is 1.47 bits per heavy atom. The van der Waals surface area contributed by atoms with Crippen LogP contribution in [-0.2, 0) is 16.3 Å². The Kier molecular flexibility index (Phi) is 3.36. The molecule has 0 aromatic heterocycles. The van der Waals surface area contributed by atoms with Crippen LogP contribution in [0.5, 0.6) is 5.75 Å². The molecule has 0 bridgehead atoms. The van der Waals surface area contributed by atoms with Crippen molar-refractivity contribution in [2.24, 2.45) is 5.73 Å². The van der Waals surface area contributed by atoms with Crippen molar-refractivity contribution in [3.63, 3.8) is 0 Å². The van der Waals surface area contributed by atoms with E-state index >= 15 is 0 Å². The zero-order valence-electron chi connectivity index (χ0n) is 8.77. The minimum absolute atomic E-state index is 0.0183. The van der Waals surface area contributed by atoms with Gasteiger partial charge in [-0.25, -0.2) is 8.42 Å². The van der Waals surface area contributed by atoms with Gasteiger partial charge in [0, 0.05) is 12.3 Å². The highest BCUT2D eigenvalue weighted by Gasteiger charge is 2.11. The summed E-state index contributed by atoms with van der Waals surface area (Å²) < 4.78 is 22.4. The summed E-state index contributed by atoms with van der Waals surface area (Å²) in [5, 5.41) is 9.58. The lowest BCUT2D eigenvalue weighted by molar-refractivity contribution is 0.463. The number of phenolic OH excluding ortho intramolecular Hbond substituents is 1. The molecule has 0 amide bonds. The van der Waals surface area contributed by atoms with Crippen LogP contribution >= 0.6 is 0 Å². The Morgan fingerprint density at radius 2 is 2.07 bits per heavy atom. The molecule has 0 spiro atoms. The Labute approximate surface area is 89.7 Å². The summed E-state index contributed by atoms with van der Waals surface area (Å²) in [4.78, 5) is 0.119. The molecule has 0 aliphatic carbocycles. The molecule has 1 unspecified atom stereocenters. The maximum absolute atomic E-state index is 11.2. The van der Waals surface area contributed by atoms with Crippen molar-refractivity contribution in [3.05, 3.63) is 23.8 Å². The first-order chi connectivity index (χ1) is 6.80. The van der Waals surface area contributed by atoms with E-state index in [2.05, 4.69) is 0 Å². The van der Waals surface area contributed by atoms with Gasteiger partial charge in [0.1, 0.15) is 5.75 Å². The highest BCUT2D eigenvalue weighted by atomic mass is 32.2. The zero-order valence-corrected chi connectivity index (χ0v) is 9.58. The van der Waals surface area contributed by atoms with Gasteiger partial charge >= 0.3 is 0 Å². The second-order valence-electron chi connectivity index (χ2n) is 3.74. The Bertz CT molecular complexity index is 452. The molecule has 5 heteroatoms. The van der Waals surface area contributed by atoms with Crippen molar-refractivity contribution in [2.45, 2.75) is 24.3 Å². The third-order valence-electron chi connectivity index (χ3n) is 2.03. The van der Waals surface area contributed by atoms with E-state index < -0.39 is 9.84 Å². The molecule has 0 heterocycles. The predicted molar refractivity (Wildman–Crippen MR) is 58.6 cm³/mol. The van der Waals surface area contributed by atoms with E-state index in [1.165, 1.54) is 12.1 Å². The maximum Gasteiger partial charge on any atom is 0.175 e. The summed E-state index contributed by atoms with van der Waals surface area (Å²) >= 11 is 0. The van der Waals surface area contributed by atoms with Crippen LogP contribution in [0.2, 0.25) is 0 Å². The Morgan fingerprint density at radius 3 is 2.47 bits per heavy atom. The smallest absolute Gasteiger partial charge is 0.175 e. The van der Waals surface area contributed by atoms with Crippen molar-refractivity contribution in [1.82, 2.24) is 0 Å². The van der Waals surface area contributed by atoms with Crippen molar-refractivity contribution >= 4 is 9.84 Å². The Hall–Kier alpha value is -1.07. The van der Waals surface area contributed by atoms with Crippen LogP contribution in [0.1, 0.15) is 12.5 Å². The number of nitrogens with two attached hydrogens (primary N) is 1. The number of hydrogen-bond donors (Lipinski definition) is 2. The lowest BCUT2D eigenvalue weighted by Crippen LogP contribution is -2.17. The van der Waals surface area contributed by atoms with Gasteiger partial charge in [-0.15, -0.1) is 0 Å². The van der Waals surface area contributed by atoms with E-state index in [-0.39, 0.29) is 16.7 Å². The number of hydrogen-bond acceptors (Lipinski definition) is 4. The third kappa shape index (κ3) is 3.21. The van der Waals surface area contributed by atoms with Crippen LogP contribution in [0.4, 0.5) is 0 Å². The minimum atomic E-state index is -3.26. The van der Waals surface area contributed by atoms with Gasteiger partial charge in [0.05, 0.1) is 4.90 Å². The van der Waals surface area contributed by atoms with Crippen LogP contribution in [0, 0.1) is 0 Å². The summed E-state index contributed by atoms with van der Waals surface area (Å²) in [6.07, 6.45) is 1.63. The molecule has 84 valence electrons. The molecule has 0 fully saturated rings. The fraction of sp³-hybridized carbons (Fsp3) is 0.400. The Balaban J connectivity index is 3.09. The molecule has 3 N–H and O–H groups in total. The topological polar surface area (TPSA) is 80.4 Å². The molecule has 0 radical (unpaired) electrons. The van der Waals surface area contributed by atoms with Crippen LogP contribution in [0.3, 0.4) is 0 Å². The number of rotatable bonds is 3. The summed E-state index contributed by atoms with van der Waals surface area (Å²) in [5.41, 5.74) is 6.25. The van der Waals surface area contributed by atoms with E-state index in [0.29, 0.717) is 12.0 Å². The van der Waals surface area contributed by atoms with Crippen molar-refractivity contribution < 1.29 is 13.5 Å². The van der Waals surface area contributed by atoms with Gasteiger partial charge in [-0.1, -0.05) is 6.07 Å². The highest BCUT2D eigenvalue weighted by Crippen LogP contribution is 2.22. The molecule has 1 atom stereocenters. The molecule has 0 saturated carbocycles. The van der Waals surface area contributed by atoms with Gasteiger partial charge in [-0.05, 0) is 31.0 Å². The molecule has 1 rings (SSSR count). The zero-order chi connectivity index (χ0) is 11.6. The molecule has 0 saturated heterocycles. The monoisotopic (exact) mass is 229 g/mol. The standard InChI is InChI=1S/C10H15NO3S/c1-7(11)5-8-3-4-9(6-10(8)12)15(2,13)14/h3-4,6-7,12H,5,11H2,1-2H3. The second kappa shape index (κ2) is 4.20. The van der Waals surface area contributed by atoms with Gasteiger partial charge in [0.15, 0.2) is 9.84 Å². The molecule has 15 heavy (non-hydrogen) atoms. The van der Waals surface area contributed by atoms with E-state index in [9.17, 15) is 13.5 Å². The quantitative estimate of drug-likeness (QED) is 0.799. The first-order valence-electron chi connectivity index (χ1n) is 4.58. The lowest BCUT2D eigenvalue weighted by atomic mass is 10.1. The molecule has 4 nitrogen and oxygen atoms in total. The third-order valence-corrected chi connectivity index (χ3v) is 3.14. The lowest BCUT2D eigenvalue weighted by Gasteiger charge is -2.08. The van der Waals surface area contributed by atoms with Crippen molar-refractivity contribution in [3.8, 4) is 5.75 Å². The van der Waals surface area contributed by atoms with E-state index in [4.69, 9.17) is 5.73 Å². The maximum atomic E-state index is 11.2. The van der Waals surface area contributed by atoms with Gasteiger partial charge in [0.25, 0.3) is 0 Å². The predicted octanol–water partition coefficient (Wildman–Crippen LogP) is 0.685. The summed E-state index contributed by atoms with van der Waals surface area (Å²) in [7, 11) is -3.26. The van der Waals surface area contributed by atoms with Crippen LogP contribution in [-0.4, -0.2) is 25.8 Å². The van der Waals surface area contributed by atoms with Crippen molar-refractivity contribution in [1.29, 1.82) is 0 Å². The van der Waals surface area contributed by atoms with E-state index in [0.717, 1.165) is 6.26 Å². The summed E-state index contributed by atoms with van der Waals surface area (Å²) in [6, 6.07) is 4.26. The molecular formula is C10H15NO3S. The first-order valence-corrected chi connectivity index (χ1v) is 6.47. The van der Waals surface area contributed by atoms with Gasteiger partial charge in [-0.2, -0.15) is 0 Å². The number of sulfone groups is 1. The second-order valence-corrected chi connectivity index (χ2v) is 5.76. The minimum Gasteiger partial charge on any atom is -0.508 e. The molecular weight excluding hydrogens is 214 g/mol. The summed E-state index contributed by atoms with van der Waals surface area (Å²) in [6.45, 7) is 1.82. The first kappa shape index (κ1) is 12.0. The SMILES string of the molecule is CC(N)Cc1ccc(S(C)(=O)=O)cc1O. The van der Waals surface area contributed by atoms with Crippen molar-refractivity contribution in [2.75, 3.05) is 6.26 Å². The molecule has 0 aliphatic rings. The largest absolute Gasteiger partial charge is 0.508 e. The molecule has 1 aromatic carbocycles. The fourth-order valence-electron chi connectivity index (χ4n) is 1.29.